The van der Waals surface area contributed by atoms with Crippen molar-refractivity contribution in [3.8, 4) is 0 Å². The molecule has 1 aromatic rings. The summed E-state index contributed by atoms with van der Waals surface area (Å²) in [5, 5.41) is 9.84. The van der Waals surface area contributed by atoms with Crippen LogP contribution >= 0.6 is 0 Å². The molecule has 0 radical (unpaired) electrons. The molecule has 1 atom stereocenters. The van der Waals surface area contributed by atoms with Crippen LogP contribution < -0.4 is 9.80 Å². The van der Waals surface area contributed by atoms with Crippen molar-refractivity contribution in [2.45, 2.75) is 19.3 Å². The number of morpholine rings is 1. The van der Waals surface area contributed by atoms with Crippen molar-refractivity contribution in [3.63, 3.8) is 0 Å². The van der Waals surface area contributed by atoms with Gasteiger partial charge < -0.3 is 19.6 Å². The summed E-state index contributed by atoms with van der Waals surface area (Å²) in [6.07, 6.45) is 5.74. The van der Waals surface area contributed by atoms with Crippen LogP contribution in [0.1, 0.15) is 19.3 Å². The molecule has 1 unspecified atom stereocenters. The van der Waals surface area contributed by atoms with Crippen molar-refractivity contribution in [3.05, 3.63) is 24.7 Å². The van der Waals surface area contributed by atoms with E-state index in [0.29, 0.717) is 44.6 Å². The first-order chi connectivity index (χ1) is 11.7. The molecule has 0 aromatic carbocycles. The number of rotatable bonds is 5. The lowest BCUT2D eigenvalue weighted by atomic mass is 9.78. The van der Waals surface area contributed by atoms with Gasteiger partial charge in [-0.05, 0) is 19.3 Å². The number of anilines is 2. The van der Waals surface area contributed by atoms with Crippen molar-refractivity contribution in [1.29, 1.82) is 0 Å². The molecule has 2 saturated heterocycles. The lowest BCUT2D eigenvalue weighted by Gasteiger charge is -2.41. The van der Waals surface area contributed by atoms with E-state index in [0.717, 1.165) is 25.8 Å². The molecule has 2 fully saturated rings. The summed E-state index contributed by atoms with van der Waals surface area (Å²) < 4.78 is 19.5. The fourth-order valence-corrected chi connectivity index (χ4v) is 3.54. The van der Waals surface area contributed by atoms with Crippen molar-refractivity contribution >= 4 is 11.8 Å². The molecule has 0 amide bonds. The monoisotopic (exact) mass is 336 g/mol. The van der Waals surface area contributed by atoms with Crippen molar-refractivity contribution in [2.75, 3.05) is 55.8 Å². The molecule has 2 aliphatic rings. The van der Waals surface area contributed by atoms with E-state index in [4.69, 9.17) is 4.74 Å². The Balaban J connectivity index is 1.82. The Bertz CT molecular complexity index is 580. The number of aliphatic hydroxyl groups is 1. The number of hydrogen-bond donors (Lipinski definition) is 1. The SMILES string of the molecule is C=CCC1(CO)CCCN(c2ncc(F)c(N3CCOCC3)n2)C1. The Kier molecular flexibility index (Phi) is 5.30. The molecule has 3 rings (SSSR count). The molecule has 0 bridgehead atoms. The van der Waals surface area contributed by atoms with E-state index in [1.807, 2.05) is 15.9 Å². The maximum atomic E-state index is 14.2. The number of nitrogens with zero attached hydrogens (tertiary/aromatic N) is 4. The van der Waals surface area contributed by atoms with E-state index < -0.39 is 5.82 Å². The second-order valence-electron chi connectivity index (χ2n) is 6.62. The van der Waals surface area contributed by atoms with Crippen LogP contribution in [-0.4, -0.2) is 61.1 Å². The van der Waals surface area contributed by atoms with Crippen LogP contribution in [-0.2, 0) is 4.74 Å². The van der Waals surface area contributed by atoms with Gasteiger partial charge in [0.2, 0.25) is 5.95 Å². The Morgan fingerprint density at radius 3 is 2.83 bits per heavy atom. The highest BCUT2D eigenvalue weighted by atomic mass is 19.1. The molecule has 7 heteroatoms. The first-order valence-electron chi connectivity index (χ1n) is 8.49. The highest BCUT2D eigenvalue weighted by Gasteiger charge is 2.35. The fraction of sp³-hybridized carbons (Fsp3) is 0.647. The van der Waals surface area contributed by atoms with Crippen LogP contribution in [0, 0.1) is 11.2 Å². The van der Waals surface area contributed by atoms with Gasteiger partial charge in [0.1, 0.15) is 0 Å². The predicted molar refractivity (Wildman–Crippen MR) is 90.8 cm³/mol. The molecule has 0 aliphatic carbocycles. The van der Waals surface area contributed by atoms with E-state index in [2.05, 4.69) is 16.5 Å². The number of hydrogen-bond acceptors (Lipinski definition) is 6. The van der Waals surface area contributed by atoms with Gasteiger partial charge >= 0.3 is 0 Å². The number of halogens is 1. The van der Waals surface area contributed by atoms with Crippen LogP contribution in [0.15, 0.2) is 18.9 Å². The number of aromatic nitrogens is 2. The Hall–Kier alpha value is -1.73. The molecular formula is C17H25FN4O2. The molecule has 6 nitrogen and oxygen atoms in total. The number of allylic oxidation sites excluding steroid dienone is 1. The van der Waals surface area contributed by atoms with E-state index in [1.165, 1.54) is 6.20 Å². The quantitative estimate of drug-likeness (QED) is 0.825. The molecule has 3 heterocycles. The Labute approximate surface area is 142 Å². The molecule has 24 heavy (non-hydrogen) atoms. The molecular weight excluding hydrogens is 311 g/mol. The third-order valence-electron chi connectivity index (χ3n) is 4.88. The van der Waals surface area contributed by atoms with E-state index in [9.17, 15) is 9.50 Å². The summed E-state index contributed by atoms with van der Waals surface area (Å²) in [6.45, 7) is 7.79. The maximum absolute atomic E-state index is 14.2. The summed E-state index contributed by atoms with van der Waals surface area (Å²) in [5.74, 6) is 0.462. The first kappa shape index (κ1) is 17.1. The Morgan fingerprint density at radius 2 is 2.12 bits per heavy atom. The zero-order valence-electron chi connectivity index (χ0n) is 14.0. The maximum Gasteiger partial charge on any atom is 0.227 e. The van der Waals surface area contributed by atoms with E-state index in [-0.39, 0.29) is 12.0 Å². The summed E-state index contributed by atoms with van der Waals surface area (Å²) in [7, 11) is 0. The number of ether oxygens (including phenoxy) is 1. The molecule has 1 aromatic heterocycles. The third-order valence-corrected chi connectivity index (χ3v) is 4.88. The molecule has 0 spiro atoms. The van der Waals surface area contributed by atoms with Crippen molar-refractivity contribution in [2.24, 2.45) is 5.41 Å². The van der Waals surface area contributed by atoms with Crippen LogP contribution in [0.3, 0.4) is 0 Å². The van der Waals surface area contributed by atoms with Crippen molar-refractivity contribution < 1.29 is 14.2 Å². The minimum Gasteiger partial charge on any atom is -0.396 e. The molecule has 2 aliphatic heterocycles. The third kappa shape index (κ3) is 3.52. The first-order valence-corrected chi connectivity index (χ1v) is 8.49. The van der Waals surface area contributed by atoms with Gasteiger partial charge in [0.15, 0.2) is 11.6 Å². The summed E-state index contributed by atoms with van der Waals surface area (Å²) in [6, 6.07) is 0. The largest absolute Gasteiger partial charge is 0.396 e. The van der Waals surface area contributed by atoms with Crippen LogP contribution in [0.4, 0.5) is 16.2 Å². The molecule has 0 saturated carbocycles. The van der Waals surface area contributed by atoms with Gasteiger partial charge in [-0.15, -0.1) is 6.58 Å². The van der Waals surface area contributed by atoms with Gasteiger partial charge in [0, 0.05) is 31.6 Å². The minimum absolute atomic E-state index is 0.104. The normalized spacial score (nSPS) is 24.9. The Morgan fingerprint density at radius 1 is 1.33 bits per heavy atom. The standard InChI is InChI=1S/C17H25FN4O2/c1-2-4-17(13-23)5-3-6-22(12-17)16-19-11-14(18)15(20-16)21-7-9-24-10-8-21/h2,11,23H,1,3-10,12-13H2. The van der Waals surface area contributed by atoms with Gasteiger partial charge in [0.25, 0.3) is 0 Å². The zero-order chi connectivity index (χ0) is 17.0. The summed E-state index contributed by atoms with van der Waals surface area (Å²) in [4.78, 5) is 12.6. The van der Waals surface area contributed by atoms with Crippen LogP contribution in [0.2, 0.25) is 0 Å². The van der Waals surface area contributed by atoms with Crippen LogP contribution in [0.5, 0.6) is 0 Å². The number of piperidine rings is 1. The lowest BCUT2D eigenvalue weighted by molar-refractivity contribution is 0.107. The van der Waals surface area contributed by atoms with Gasteiger partial charge in [-0.2, -0.15) is 4.98 Å². The van der Waals surface area contributed by atoms with Gasteiger partial charge in [-0.3, -0.25) is 0 Å². The van der Waals surface area contributed by atoms with Crippen LogP contribution in [0.25, 0.3) is 0 Å². The van der Waals surface area contributed by atoms with Gasteiger partial charge in [-0.1, -0.05) is 6.08 Å². The van der Waals surface area contributed by atoms with Crippen molar-refractivity contribution in [1.82, 2.24) is 9.97 Å². The summed E-state index contributed by atoms with van der Waals surface area (Å²) in [5.41, 5.74) is -0.211. The topological polar surface area (TPSA) is 61.7 Å². The lowest BCUT2D eigenvalue weighted by Crippen LogP contribution is -2.46. The second-order valence-corrected chi connectivity index (χ2v) is 6.62. The minimum atomic E-state index is -0.405. The van der Waals surface area contributed by atoms with E-state index >= 15 is 0 Å². The highest BCUT2D eigenvalue weighted by molar-refractivity contribution is 5.45. The average molecular weight is 336 g/mol. The predicted octanol–water partition coefficient (Wildman–Crippen LogP) is 1.61. The van der Waals surface area contributed by atoms with E-state index in [1.54, 1.807) is 0 Å². The zero-order valence-corrected chi connectivity index (χ0v) is 14.0. The second kappa shape index (κ2) is 7.44. The smallest absolute Gasteiger partial charge is 0.227 e. The highest BCUT2D eigenvalue weighted by Crippen LogP contribution is 2.35. The van der Waals surface area contributed by atoms with Gasteiger partial charge in [-0.25, -0.2) is 9.37 Å². The van der Waals surface area contributed by atoms with Gasteiger partial charge in [0.05, 0.1) is 26.0 Å². The molecule has 1 N–H and O–H groups in total. The molecule has 132 valence electrons. The fourth-order valence-electron chi connectivity index (χ4n) is 3.54. The summed E-state index contributed by atoms with van der Waals surface area (Å²) >= 11 is 0. The average Bonchev–Trinajstić information content (AvgIpc) is 2.63. The number of aliphatic hydroxyl groups excluding tert-OH is 1.